The second-order valence-corrected chi connectivity index (χ2v) is 6.54. The number of para-hydroxylation sites is 1. The Balaban J connectivity index is 1.83. The Morgan fingerprint density at radius 3 is 2.65 bits per heavy atom. The molecule has 0 bridgehead atoms. The smallest absolute Gasteiger partial charge is 0.213 e. The van der Waals surface area contributed by atoms with Crippen LogP contribution in [0.2, 0.25) is 0 Å². The number of hydrogen-bond donors (Lipinski definition) is 0. The minimum absolute atomic E-state index is 0.791. The molecule has 2 aromatic heterocycles. The first kappa shape index (κ1) is 15.1. The number of methoxy groups -OCH3 is 1. The van der Waals surface area contributed by atoms with Gasteiger partial charge in [0.05, 0.1) is 12.6 Å². The Morgan fingerprint density at radius 2 is 1.81 bits per heavy atom. The van der Waals surface area contributed by atoms with Crippen molar-refractivity contribution in [3.05, 3.63) is 48.5 Å². The molecule has 0 amide bonds. The van der Waals surface area contributed by atoms with Crippen molar-refractivity contribution in [2.75, 3.05) is 25.1 Å². The maximum Gasteiger partial charge on any atom is 0.213 e. The van der Waals surface area contributed by atoms with Crippen LogP contribution in [0.25, 0.3) is 27.9 Å². The Bertz CT molecular complexity index is 1100. The first-order valence-corrected chi connectivity index (χ1v) is 8.88. The summed E-state index contributed by atoms with van der Waals surface area (Å²) in [7, 11) is 1.67. The molecule has 4 aromatic rings. The lowest BCUT2D eigenvalue weighted by molar-refractivity contribution is 0.415. The molecule has 1 saturated heterocycles. The molecule has 0 unspecified atom stereocenters. The largest absolute Gasteiger partial charge is 0.497 e. The maximum atomic E-state index is 5.38. The zero-order valence-corrected chi connectivity index (χ0v) is 14.6. The van der Waals surface area contributed by atoms with Gasteiger partial charge in [0.15, 0.2) is 11.5 Å². The number of nitrogens with zero attached hydrogens (tertiary/aromatic N) is 5. The normalized spacial score (nSPS) is 14.4. The van der Waals surface area contributed by atoms with Gasteiger partial charge < -0.3 is 9.64 Å². The lowest BCUT2D eigenvalue weighted by Crippen LogP contribution is -2.22. The van der Waals surface area contributed by atoms with E-state index in [1.54, 1.807) is 7.11 Å². The number of aromatic nitrogens is 4. The second kappa shape index (κ2) is 5.98. The third-order valence-electron chi connectivity index (χ3n) is 4.95. The Morgan fingerprint density at radius 1 is 0.962 bits per heavy atom. The molecule has 1 fully saturated rings. The van der Waals surface area contributed by atoms with Crippen LogP contribution in [-0.4, -0.2) is 39.8 Å². The molecule has 1 aliphatic rings. The van der Waals surface area contributed by atoms with Gasteiger partial charge in [-0.05, 0) is 37.1 Å². The van der Waals surface area contributed by atoms with Crippen molar-refractivity contribution in [2.45, 2.75) is 12.8 Å². The average Bonchev–Trinajstić information content (AvgIpc) is 3.38. The minimum atomic E-state index is 0.791. The average molecular weight is 345 g/mol. The van der Waals surface area contributed by atoms with Gasteiger partial charge >= 0.3 is 0 Å². The second-order valence-electron chi connectivity index (χ2n) is 6.54. The quantitative estimate of drug-likeness (QED) is 0.568. The highest BCUT2D eigenvalue weighted by atomic mass is 16.5. The van der Waals surface area contributed by atoms with Crippen molar-refractivity contribution in [2.24, 2.45) is 0 Å². The predicted octanol–water partition coefficient (Wildman–Crippen LogP) is 3.55. The summed E-state index contributed by atoms with van der Waals surface area (Å²) < 4.78 is 7.47. The van der Waals surface area contributed by atoms with Crippen LogP contribution in [-0.2, 0) is 0 Å². The molecule has 130 valence electrons. The molecular weight excluding hydrogens is 326 g/mol. The van der Waals surface area contributed by atoms with Crippen molar-refractivity contribution < 1.29 is 4.74 Å². The summed E-state index contributed by atoms with van der Waals surface area (Å²) in [6.07, 6.45) is 2.37. The topological polar surface area (TPSA) is 55.6 Å². The van der Waals surface area contributed by atoms with Crippen LogP contribution in [0.4, 0.5) is 5.95 Å². The van der Waals surface area contributed by atoms with Crippen LogP contribution in [0.5, 0.6) is 5.75 Å². The molecule has 0 spiro atoms. The van der Waals surface area contributed by atoms with Crippen LogP contribution < -0.4 is 9.64 Å². The van der Waals surface area contributed by atoms with E-state index >= 15 is 0 Å². The standard InChI is InChI=1S/C20H19N5O/c1-26-15-8-6-7-14(13-15)18-22-23-19-16-9-2-3-10-17(16)21-20(25(18)19)24-11-4-5-12-24/h2-3,6-10,13H,4-5,11-12H2,1H3. The molecule has 0 aliphatic carbocycles. The van der Waals surface area contributed by atoms with Crippen LogP contribution >= 0.6 is 0 Å². The first-order chi connectivity index (χ1) is 12.8. The highest BCUT2D eigenvalue weighted by Gasteiger charge is 2.22. The van der Waals surface area contributed by atoms with Gasteiger partial charge in [0.2, 0.25) is 5.95 Å². The summed E-state index contributed by atoms with van der Waals surface area (Å²) in [5, 5.41) is 10.0. The molecule has 0 atom stereocenters. The van der Waals surface area contributed by atoms with E-state index in [0.717, 1.165) is 52.7 Å². The molecule has 26 heavy (non-hydrogen) atoms. The van der Waals surface area contributed by atoms with E-state index in [1.165, 1.54) is 12.8 Å². The lowest BCUT2D eigenvalue weighted by Gasteiger charge is -2.19. The monoisotopic (exact) mass is 345 g/mol. The molecule has 0 saturated carbocycles. The van der Waals surface area contributed by atoms with E-state index in [2.05, 4.69) is 25.6 Å². The van der Waals surface area contributed by atoms with Gasteiger partial charge in [-0.15, -0.1) is 10.2 Å². The number of anilines is 1. The summed E-state index contributed by atoms with van der Waals surface area (Å²) in [5.74, 6) is 2.51. The lowest BCUT2D eigenvalue weighted by atomic mass is 10.2. The van der Waals surface area contributed by atoms with Crippen LogP contribution in [0.15, 0.2) is 48.5 Å². The number of ether oxygens (including phenoxy) is 1. The molecule has 0 N–H and O–H groups in total. The van der Waals surface area contributed by atoms with Crippen molar-refractivity contribution in [3.63, 3.8) is 0 Å². The van der Waals surface area contributed by atoms with Crippen LogP contribution in [0.1, 0.15) is 12.8 Å². The molecule has 6 heteroatoms. The number of rotatable bonds is 3. The highest BCUT2D eigenvalue weighted by Crippen LogP contribution is 2.30. The molecular formula is C20H19N5O. The zero-order chi connectivity index (χ0) is 17.5. The number of hydrogen-bond acceptors (Lipinski definition) is 5. The van der Waals surface area contributed by atoms with Gasteiger partial charge in [0.25, 0.3) is 0 Å². The zero-order valence-electron chi connectivity index (χ0n) is 14.6. The molecule has 6 nitrogen and oxygen atoms in total. The van der Waals surface area contributed by atoms with E-state index < -0.39 is 0 Å². The van der Waals surface area contributed by atoms with Crippen molar-refractivity contribution in [1.82, 2.24) is 19.6 Å². The Labute approximate surface area is 151 Å². The van der Waals surface area contributed by atoms with Gasteiger partial charge in [0.1, 0.15) is 5.75 Å². The summed E-state index contributed by atoms with van der Waals surface area (Å²) >= 11 is 0. The summed E-state index contributed by atoms with van der Waals surface area (Å²) in [6, 6.07) is 16.0. The van der Waals surface area contributed by atoms with Gasteiger partial charge in [0, 0.05) is 24.0 Å². The van der Waals surface area contributed by atoms with E-state index in [-0.39, 0.29) is 0 Å². The molecule has 5 rings (SSSR count). The SMILES string of the molecule is COc1cccc(-c2nnc3c4ccccc4nc(N4CCCC4)n23)c1. The number of benzene rings is 2. The van der Waals surface area contributed by atoms with Crippen molar-refractivity contribution in [1.29, 1.82) is 0 Å². The minimum Gasteiger partial charge on any atom is -0.497 e. The summed E-state index contributed by atoms with van der Waals surface area (Å²) in [6.45, 7) is 2.02. The maximum absolute atomic E-state index is 5.38. The van der Waals surface area contributed by atoms with E-state index in [4.69, 9.17) is 9.72 Å². The van der Waals surface area contributed by atoms with E-state index in [1.807, 2.05) is 42.5 Å². The third kappa shape index (κ3) is 2.29. The van der Waals surface area contributed by atoms with Gasteiger partial charge in [-0.3, -0.25) is 0 Å². The van der Waals surface area contributed by atoms with Crippen molar-refractivity contribution >= 4 is 22.5 Å². The predicted molar refractivity (Wildman–Crippen MR) is 102 cm³/mol. The fourth-order valence-corrected chi connectivity index (χ4v) is 3.64. The Kier molecular flexibility index (Phi) is 3.48. The fourth-order valence-electron chi connectivity index (χ4n) is 3.64. The van der Waals surface area contributed by atoms with Crippen molar-refractivity contribution in [3.8, 4) is 17.1 Å². The van der Waals surface area contributed by atoms with Crippen LogP contribution in [0.3, 0.4) is 0 Å². The first-order valence-electron chi connectivity index (χ1n) is 8.88. The van der Waals surface area contributed by atoms with Crippen LogP contribution in [0, 0.1) is 0 Å². The number of fused-ring (bicyclic) bond motifs is 3. The van der Waals surface area contributed by atoms with E-state index in [9.17, 15) is 0 Å². The molecule has 1 aliphatic heterocycles. The molecule has 3 heterocycles. The molecule has 2 aromatic carbocycles. The van der Waals surface area contributed by atoms with Gasteiger partial charge in [-0.1, -0.05) is 24.3 Å². The third-order valence-corrected chi connectivity index (χ3v) is 4.95. The van der Waals surface area contributed by atoms with Gasteiger partial charge in [-0.2, -0.15) is 0 Å². The summed E-state index contributed by atoms with van der Waals surface area (Å²) in [4.78, 5) is 7.29. The summed E-state index contributed by atoms with van der Waals surface area (Å²) in [5.41, 5.74) is 2.76. The Hall–Kier alpha value is -3.15. The molecule has 0 radical (unpaired) electrons. The fraction of sp³-hybridized carbons (Fsp3) is 0.250. The van der Waals surface area contributed by atoms with E-state index in [0.29, 0.717) is 0 Å². The highest BCUT2D eigenvalue weighted by molar-refractivity contribution is 5.93. The van der Waals surface area contributed by atoms with Gasteiger partial charge in [-0.25, -0.2) is 9.38 Å².